The largest absolute Gasteiger partial charge is 0.478 e. The molecule has 3 rings (SSSR count). The molecule has 7 heteroatoms. The molecular formula is C20H17F3N2O2. The van der Waals surface area contributed by atoms with E-state index in [4.69, 9.17) is 5.11 Å². The Morgan fingerprint density at radius 2 is 1.74 bits per heavy atom. The number of alkyl halides is 3. The first-order chi connectivity index (χ1) is 12.8. The van der Waals surface area contributed by atoms with Gasteiger partial charge >= 0.3 is 12.1 Å². The lowest BCUT2D eigenvalue weighted by Crippen LogP contribution is -2.37. The molecular weight excluding hydrogens is 357 g/mol. The summed E-state index contributed by atoms with van der Waals surface area (Å²) < 4.78 is 38.4. The van der Waals surface area contributed by atoms with Crippen LogP contribution in [-0.4, -0.2) is 29.1 Å². The molecule has 0 atom stereocenters. The monoisotopic (exact) mass is 374 g/mol. The number of aliphatic carboxylic acids is 1. The van der Waals surface area contributed by atoms with E-state index in [-0.39, 0.29) is 0 Å². The molecule has 1 aromatic carbocycles. The van der Waals surface area contributed by atoms with E-state index in [0.717, 1.165) is 43.5 Å². The van der Waals surface area contributed by atoms with Crippen LogP contribution in [0.5, 0.6) is 0 Å². The van der Waals surface area contributed by atoms with Gasteiger partial charge in [-0.1, -0.05) is 24.3 Å². The number of pyridine rings is 1. The van der Waals surface area contributed by atoms with Gasteiger partial charge in [0.25, 0.3) is 0 Å². The number of aromatic nitrogens is 1. The van der Waals surface area contributed by atoms with Gasteiger partial charge in [-0.05, 0) is 41.8 Å². The van der Waals surface area contributed by atoms with Crippen molar-refractivity contribution in [3.63, 3.8) is 0 Å². The summed E-state index contributed by atoms with van der Waals surface area (Å²) in [5, 5.41) is 8.77. The summed E-state index contributed by atoms with van der Waals surface area (Å²) in [5.41, 5.74) is 1.08. The maximum atomic E-state index is 12.8. The van der Waals surface area contributed by atoms with Crippen LogP contribution in [0.3, 0.4) is 0 Å². The summed E-state index contributed by atoms with van der Waals surface area (Å²) in [6, 6.07) is 8.43. The summed E-state index contributed by atoms with van der Waals surface area (Å²) in [7, 11) is 0. The quantitative estimate of drug-likeness (QED) is 0.623. The highest BCUT2D eigenvalue weighted by Gasteiger charge is 2.30. The van der Waals surface area contributed by atoms with E-state index in [2.05, 4.69) is 9.88 Å². The number of allylic oxidation sites excluding steroid dienone is 2. The summed E-state index contributed by atoms with van der Waals surface area (Å²) in [5.74, 6) is -0.262. The van der Waals surface area contributed by atoms with Gasteiger partial charge in [0, 0.05) is 30.9 Å². The van der Waals surface area contributed by atoms with Crippen LogP contribution in [-0.2, 0) is 11.0 Å². The Morgan fingerprint density at radius 3 is 2.22 bits per heavy atom. The summed E-state index contributed by atoms with van der Waals surface area (Å²) in [6.45, 7) is 1.91. The van der Waals surface area contributed by atoms with Gasteiger partial charge in [-0.15, -0.1) is 0 Å². The van der Waals surface area contributed by atoms with Crippen LogP contribution in [0.2, 0.25) is 0 Å². The average molecular weight is 374 g/mol. The van der Waals surface area contributed by atoms with Crippen LogP contribution >= 0.6 is 0 Å². The first-order valence-electron chi connectivity index (χ1n) is 8.35. The van der Waals surface area contributed by atoms with E-state index < -0.39 is 17.7 Å². The van der Waals surface area contributed by atoms with Crippen molar-refractivity contribution >= 4 is 17.4 Å². The van der Waals surface area contributed by atoms with Gasteiger partial charge in [-0.3, -0.25) is 0 Å². The van der Waals surface area contributed by atoms with Crippen LogP contribution in [0.1, 0.15) is 23.1 Å². The highest BCUT2D eigenvalue weighted by atomic mass is 19.4. The zero-order valence-electron chi connectivity index (χ0n) is 14.3. The Morgan fingerprint density at radius 1 is 1.07 bits per heavy atom. The molecule has 27 heavy (non-hydrogen) atoms. The first kappa shape index (κ1) is 18.7. The maximum Gasteiger partial charge on any atom is 0.416 e. The Kier molecular flexibility index (Phi) is 5.30. The zero-order chi connectivity index (χ0) is 19.4. The van der Waals surface area contributed by atoms with Crippen molar-refractivity contribution in [2.45, 2.75) is 12.6 Å². The van der Waals surface area contributed by atoms with Crippen molar-refractivity contribution in [3.05, 3.63) is 77.5 Å². The third kappa shape index (κ3) is 4.55. The van der Waals surface area contributed by atoms with Crippen molar-refractivity contribution in [2.75, 3.05) is 18.0 Å². The number of carboxylic acids is 1. The molecule has 0 bridgehead atoms. The van der Waals surface area contributed by atoms with Crippen LogP contribution in [0.15, 0.2) is 60.8 Å². The Labute approximate surface area is 154 Å². The highest BCUT2D eigenvalue weighted by molar-refractivity contribution is 5.84. The Bertz CT molecular complexity index is 866. The minimum atomic E-state index is -4.41. The van der Waals surface area contributed by atoms with Gasteiger partial charge in [0.1, 0.15) is 5.82 Å². The lowest BCUT2D eigenvalue weighted by Gasteiger charge is -2.32. The number of nitrogens with zero attached hydrogens (tertiary/aromatic N) is 2. The molecule has 1 N–H and O–H groups in total. The second kappa shape index (κ2) is 7.65. The number of hydrogen-bond acceptors (Lipinski definition) is 3. The Balaban J connectivity index is 1.94. The normalized spacial score (nSPS) is 15.1. The fourth-order valence-electron chi connectivity index (χ4n) is 2.70. The summed E-state index contributed by atoms with van der Waals surface area (Å²) >= 11 is 0. The molecule has 1 aliphatic rings. The molecule has 1 aliphatic heterocycles. The van der Waals surface area contributed by atoms with E-state index >= 15 is 0 Å². The second-order valence-electron chi connectivity index (χ2n) is 6.10. The number of anilines is 1. The van der Waals surface area contributed by atoms with Crippen molar-refractivity contribution in [3.8, 4) is 0 Å². The van der Waals surface area contributed by atoms with Crippen molar-refractivity contribution in [1.82, 2.24) is 4.98 Å². The van der Waals surface area contributed by atoms with E-state index in [0.29, 0.717) is 16.7 Å². The van der Waals surface area contributed by atoms with Gasteiger partial charge in [0.2, 0.25) is 0 Å². The fraction of sp³-hybridized carbons (Fsp3) is 0.200. The highest BCUT2D eigenvalue weighted by Crippen LogP contribution is 2.31. The predicted octanol–water partition coefficient (Wildman–Crippen LogP) is 4.38. The van der Waals surface area contributed by atoms with E-state index in [9.17, 15) is 18.0 Å². The molecule has 2 aromatic rings. The molecule has 0 saturated carbocycles. The minimum Gasteiger partial charge on any atom is -0.478 e. The lowest BCUT2D eigenvalue weighted by atomic mass is 9.97. The molecule has 1 aromatic heterocycles. The van der Waals surface area contributed by atoms with Crippen molar-refractivity contribution in [1.29, 1.82) is 0 Å². The fourth-order valence-corrected chi connectivity index (χ4v) is 2.70. The number of carbonyl (C=O) groups is 1. The van der Waals surface area contributed by atoms with Crippen LogP contribution in [0.4, 0.5) is 19.0 Å². The van der Waals surface area contributed by atoms with Gasteiger partial charge in [0.15, 0.2) is 0 Å². The molecule has 4 nitrogen and oxygen atoms in total. The third-order valence-corrected chi connectivity index (χ3v) is 4.26. The van der Waals surface area contributed by atoms with E-state index in [1.54, 1.807) is 12.3 Å². The minimum absolute atomic E-state index is 0.538. The lowest BCUT2D eigenvalue weighted by molar-refractivity contribution is -0.137. The number of halogens is 3. The standard InChI is InChI=1S/C20H17F3N2O2/c21-20(22,23)16-8-5-14(6-9-16)17(3-1-4-19(26)27)15-7-10-18(24-13-15)25-11-2-12-25/h1,3-10,13H,2,11-12H2,(H,26,27)/b4-1+,17-3-. The summed E-state index contributed by atoms with van der Waals surface area (Å²) in [6.07, 6.45) is 2.22. The van der Waals surface area contributed by atoms with Gasteiger partial charge in [-0.25, -0.2) is 9.78 Å². The maximum absolute atomic E-state index is 12.8. The van der Waals surface area contributed by atoms with Crippen LogP contribution in [0, 0.1) is 0 Å². The molecule has 0 amide bonds. The summed E-state index contributed by atoms with van der Waals surface area (Å²) in [4.78, 5) is 17.2. The number of carboxylic acid groups (broad SMARTS) is 1. The van der Waals surface area contributed by atoms with Gasteiger partial charge in [0.05, 0.1) is 5.56 Å². The van der Waals surface area contributed by atoms with Crippen LogP contribution < -0.4 is 4.90 Å². The van der Waals surface area contributed by atoms with E-state index in [1.807, 2.05) is 12.1 Å². The number of benzene rings is 1. The molecule has 140 valence electrons. The smallest absolute Gasteiger partial charge is 0.416 e. The predicted molar refractivity (Wildman–Crippen MR) is 96.4 cm³/mol. The molecule has 1 fully saturated rings. The Hall–Kier alpha value is -3.09. The number of rotatable bonds is 5. The van der Waals surface area contributed by atoms with E-state index in [1.165, 1.54) is 18.2 Å². The average Bonchev–Trinajstić information content (AvgIpc) is 2.57. The molecule has 1 saturated heterocycles. The topological polar surface area (TPSA) is 53.4 Å². The second-order valence-corrected chi connectivity index (χ2v) is 6.10. The molecule has 0 aliphatic carbocycles. The van der Waals surface area contributed by atoms with Crippen molar-refractivity contribution in [2.24, 2.45) is 0 Å². The molecule has 0 radical (unpaired) electrons. The molecule has 2 heterocycles. The number of hydrogen-bond donors (Lipinski definition) is 1. The van der Waals surface area contributed by atoms with Gasteiger partial charge in [-0.2, -0.15) is 13.2 Å². The van der Waals surface area contributed by atoms with Gasteiger partial charge < -0.3 is 10.0 Å². The SMILES string of the molecule is O=C(O)/C=C/C=C(/c1ccc(C(F)(F)F)cc1)c1ccc(N2CCC2)nc1. The molecule has 0 unspecified atom stereocenters. The zero-order valence-corrected chi connectivity index (χ0v) is 14.3. The van der Waals surface area contributed by atoms with Crippen molar-refractivity contribution < 1.29 is 23.1 Å². The van der Waals surface area contributed by atoms with Crippen LogP contribution in [0.25, 0.3) is 5.57 Å². The molecule has 0 spiro atoms. The third-order valence-electron chi connectivity index (χ3n) is 4.26. The first-order valence-corrected chi connectivity index (χ1v) is 8.35.